The van der Waals surface area contributed by atoms with E-state index in [-0.39, 0.29) is 5.92 Å². The van der Waals surface area contributed by atoms with Gasteiger partial charge in [0, 0.05) is 24.7 Å². The third kappa shape index (κ3) is 5.10. The average Bonchev–Trinajstić information content (AvgIpc) is 3.00. The van der Waals surface area contributed by atoms with Gasteiger partial charge in [-0.2, -0.15) is 0 Å². The van der Waals surface area contributed by atoms with Gasteiger partial charge in [-0.15, -0.1) is 6.58 Å². The summed E-state index contributed by atoms with van der Waals surface area (Å²) in [6.45, 7) is 9.38. The maximum absolute atomic E-state index is 11.5. The van der Waals surface area contributed by atoms with Gasteiger partial charge in [-0.05, 0) is 100 Å². The van der Waals surface area contributed by atoms with E-state index in [0.717, 1.165) is 54.7 Å². The van der Waals surface area contributed by atoms with Crippen molar-refractivity contribution in [3.63, 3.8) is 0 Å². The quantitative estimate of drug-likeness (QED) is 0.163. The molecule has 1 aliphatic heterocycles. The van der Waals surface area contributed by atoms with Gasteiger partial charge in [-0.25, -0.2) is 0 Å². The first kappa shape index (κ1) is 26.5. The van der Waals surface area contributed by atoms with Crippen LogP contribution in [-0.4, -0.2) is 35.2 Å². The number of hydrogen-bond acceptors (Lipinski definition) is 4. The molecular formula is C36H38N2O2. The number of benzene rings is 4. The SMILES string of the molecule is C=CC1CN(Cc2c3ccccc3cc3ccccc23)CCC1CC(C)C(O)c1ccnc2ccc(OC)cc12. The summed E-state index contributed by atoms with van der Waals surface area (Å²) in [5, 5.41) is 17.7. The van der Waals surface area contributed by atoms with Crippen molar-refractivity contribution in [2.24, 2.45) is 17.8 Å². The van der Waals surface area contributed by atoms with E-state index in [0.29, 0.717) is 11.8 Å². The van der Waals surface area contributed by atoms with Crippen molar-refractivity contribution in [1.29, 1.82) is 0 Å². The van der Waals surface area contributed by atoms with Gasteiger partial charge >= 0.3 is 0 Å². The highest BCUT2D eigenvalue weighted by molar-refractivity contribution is 6.02. The Kier molecular flexibility index (Phi) is 7.55. The highest BCUT2D eigenvalue weighted by atomic mass is 16.5. The fraction of sp³-hybridized carbons (Fsp3) is 0.306. The van der Waals surface area contributed by atoms with E-state index in [2.05, 4.69) is 84.1 Å². The Morgan fingerprint density at radius 1 is 1.00 bits per heavy atom. The van der Waals surface area contributed by atoms with Gasteiger partial charge in [-0.1, -0.05) is 61.5 Å². The van der Waals surface area contributed by atoms with Crippen LogP contribution in [0.5, 0.6) is 5.75 Å². The smallest absolute Gasteiger partial charge is 0.119 e. The molecule has 1 N–H and O–H groups in total. The first-order valence-electron chi connectivity index (χ1n) is 14.4. The molecule has 0 amide bonds. The Morgan fingerprint density at radius 2 is 1.73 bits per heavy atom. The molecule has 0 bridgehead atoms. The predicted octanol–water partition coefficient (Wildman–Crippen LogP) is 7.93. The van der Waals surface area contributed by atoms with Crippen LogP contribution in [0.15, 0.2) is 97.7 Å². The van der Waals surface area contributed by atoms with Crippen LogP contribution in [0.3, 0.4) is 0 Å². The third-order valence-corrected chi connectivity index (χ3v) is 8.97. The molecule has 0 aliphatic carbocycles. The molecule has 4 atom stereocenters. The number of fused-ring (bicyclic) bond motifs is 3. The molecule has 2 heterocycles. The molecule has 4 aromatic carbocycles. The van der Waals surface area contributed by atoms with Crippen molar-refractivity contribution in [1.82, 2.24) is 9.88 Å². The molecule has 0 radical (unpaired) electrons. The van der Waals surface area contributed by atoms with E-state index in [1.165, 1.54) is 27.1 Å². The molecule has 6 rings (SSSR count). The molecular weight excluding hydrogens is 492 g/mol. The van der Waals surface area contributed by atoms with Gasteiger partial charge < -0.3 is 9.84 Å². The monoisotopic (exact) mass is 530 g/mol. The number of rotatable bonds is 8. The normalized spacial score (nSPS) is 19.6. The third-order valence-electron chi connectivity index (χ3n) is 8.97. The molecule has 4 heteroatoms. The van der Waals surface area contributed by atoms with Crippen LogP contribution < -0.4 is 4.74 Å². The lowest BCUT2D eigenvalue weighted by Crippen LogP contribution is -2.40. The van der Waals surface area contributed by atoms with E-state index in [9.17, 15) is 5.11 Å². The van der Waals surface area contributed by atoms with Crippen molar-refractivity contribution in [2.75, 3.05) is 20.2 Å². The molecule has 0 saturated carbocycles. The van der Waals surface area contributed by atoms with Crippen LogP contribution in [0.1, 0.15) is 37.0 Å². The fourth-order valence-corrected chi connectivity index (χ4v) is 6.75. The number of aliphatic hydroxyl groups excluding tert-OH is 1. The Labute approximate surface area is 236 Å². The Bertz CT molecular complexity index is 1610. The van der Waals surface area contributed by atoms with Gasteiger partial charge in [0.15, 0.2) is 0 Å². The Balaban J connectivity index is 1.19. The minimum atomic E-state index is -0.567. The number of ether oxygens (including phenoxy) is 1. The maximum atomic E-state index is 11.5. The molecule has 1 saturated heterocycles. The van der Waals surface area contributed by atoms with Crippen molar-refractivity contribution in [3.8, 4) is 5.75 Å². The highest BCUT2D eigenvalue weighted by Gasteiger charge is 2.31. The van der Waals surface area contributed by atoms with Gasteiger partial charge in [0.05, 0.1) is 18.7 Å². The van der Waals surface area contributed by atoms with Gasteiger partial charge in [-0.3, -0.25) is 9.88 Å². The van der Waals surface area contributed by atoms with Crippen LogP contribution in [0.25, 0.3) is 32.4 Å². The van der Waals surface area contributed by atoms with Gasteiger partial charge in [0.1, 0.15) is 5.75 Å². The number of hydrogen-bond donors (Lipinski definition) is 1. The molecule has 1 fully saturated rings. The summed E-state index contributed by atoms with van der Waals surface area (Å²) in [6, 6.07) is 27.6. The van der Waals surface area contributed by atoms with Crippen LogP contribution in [0, 0.1) is 17.8 Å². The first-order chi connectivity index (χ1) is 19.6. The van der Waals surface area contributed by atoms with Gasteiger partial charge in [0.25, 0.3) is 0 Å². The van der Waals surface area contributed by atoms with Crippen LogP contribution >= 0.6 is 0 Å². The molecule has 4 nitrogen and oxygen atoms in total. The zero-order chi connectivity index (χ0) is 27.6. The Morgan fingerprint density at radius 3 is 2.42 bits per heavy atom. The lowest BCUT2D eigenvalue weighted by Gasteiger charge is -2.39. The summed E-state index contributed by atoms with van der Waals surface area (Å²) < 4.78 is 5.44. The summed E-state index contributed by atoms with van der Waals surface area (Å²) in [6.07, 6.45) is 5.42. The van der Waals surface area contributed by atoms with E-state index < -0.39 is 6.10 Å². The molecule has 4 unspecified atom stereocenters. The number of methoxy groups -OCH3 is 1. The number of piperidine rings is 1. The number of pyridine rings is 1. The van der Waals surface area contributed by atoms with Crippen molar-refractivity contribution in [3.05, 3.63) is 109 Å². The summed E-state index contributed by atoms with van der Waals surface area (Å²) in [5.74, 6) is 1.77. The molecule has 5 aromatic rings. The summed E-state index contributed by atoms with van der Waals surface area (Å²) in [7, 11) is 1.67. The second kappa shape index (κ2) is 11.4. The topological polar surface area (TPSA) is 45.6 Å². The highest BCUT2D eigenvalue weighted by Crippen LogP contribution is 2.38. The number of likely N-dealkylation sites (tertiary alicyclic amines) is 1. The molecule has 0 spiro atoms. The zero-order valence-corrected chi connectivity index (χ0v) is 23.5. The summed E-state index contributed by atoms with van der Waals surface area (Å²) in [4.78, 5) is 7.09. The van der Waals surface area contributed by atoms with Gasteiger partial charge in [0.2, 0.25) is 0 Å². The predicted molar refractivity (Wildman–Crippen MR) is 166 cm³/mol. The minimum absolute atomic E-state index is 0.109. The minimum Gasteiger partial charge on any atom is -0.497 e. The van der Waals surface area contributed by atoms with Crippen LogP contribution in [0.2, 0.25) is 0 Å². The Hall–Kier alpha value is -3.73. The van der Waals surface area contributed by atoms with Crippen molar-refractivity contribution < 1.29 is 9.84 Å². The molecule has 40 heavy (non-hydrogen) atoms. The lowest BCUT2D eigenvalue weighted by atomic mass is 9.77. The zero-order valence-electron chi connectivity index (χ0n) is 23.5. The fourth-order valence-electron chi connectivity index (χ4n) is 6.75. The standard InChI is InChI=1S/C36H38N2O2/c1-4-25-22-38(23-34-30-11-7-5-9-27(30)20-28-10-6-8-12-31(28)34)18-16-26(25)19-24(2)36(39)32-15-17-37-35-14-13-29(40-3)21-33(32)35/h4-15,17,20-21,24-26,36,39H,1,16,18-19,22-23H2,2-3H3. The van der Waals surface area contributed by atoms with E-state index >= 15 is 0 Å². The van der Waals surface area contributed by atoms with E-state index in [1.54, 1.807) is 13.3 Å². The van der Waals surface area contributed by atoms with Crippen molar-refractivity contribution in [2.45, 2.75) is 32.4 Å². The summed E-state index contributed by atoms with van der Waals surface area (Å²) in [5.41, 5.74) is 3.22. The molecule has 1 aliphatic rings. The lowest BCUT2D eigenvalue weighted by molar-refractivity contribution is 0.0724. The molecule has 1 aromatic heterocycles. The van der Waals surface area contributed by atoms with Crippen molar-refractivity contribution >= 4 is 32.4 Å². The number of nitrogens with zero attached hydrogens (tertiary/aromatic N) is 2. The molecule has 204 valence electrons. The first-order valence-corrected chi connectivity index (χ1v) is 14.4. The average molecular weight is 531 g/mol. The largest absolute Gasteiger partial charge is 0.497 e. The maximum Gasteiger partial charge on any atom is 0.119 e. The number of aromatic nitrogens is 1. The van der Waals surface area contributed by atoms with Crippen LogP contribution in [-0.2, 0) is 6.54 Å². The second-order valence-electron chi connectivity index (χ2n) is 11.4. The van der Waals surface area contributed by atoms with E-state index in [1.807, 2.05) is 24.3 Å². The van der Waals surface area contributed by atoms with Crippen LogP contribution in [0.4, 0.5) is 0 Å². The summed E-state index contributed by atoms with van der Waals surface area (Å²) >= 11 is 0. The number of aliphatic hydroxyl groups is 1. The van der Waals surface area contributed by atoms with E-state index in [4.69, 9.17) is 4.74 Å². The second-order valence-corrected chi connectivity index (χ2v) is 11.4.